The highest BCUT2D eigenvalue weighted by atomic mass is 32.1. The zero-order valence-corrected chi connectivity index (χ0v) is 19.0. The number of benzene rings is 2. The molecule has 0 saturated carbocycles. The van der Waals surface area contributed by atoms with Gasteiger partial charge >= 0.3 is 0 Å². The second-order valence-electron chi connectivity index (χ2n) is 7.81. The third kappa shape index (κ3) is 3.60. The highest BCUT2D eigenvalue weighted by Gasteiger charge is 2.33. The van der Waals surface area contributed by atoms with E-state index in [1.165, 1.54) is 11.3 Å². The Balaban J connectivity index is 1.55. The van der Waals surface area contributed by atoms with Crippen molar-refractivity contribution in [2.24, 2.45) is 0 Å². The van der Waals surface area contributed by atoms with Crippen LogP contribution in [0.25, 0.3) is 15.3 Å². The Kier molecular flexibility index (Phi) is 5.30. The number of anilines is 1. The summed E-state index contributed by atoms with van der Waals surface area (Å²) in [6, 6.07) is 13.8. The molecule has 0 bridgehead atoms. The van der Waals surface area contributed by atoms with Crippen LogP contribution in [-0.4, -0.2) is 34.4 Å². The van der Waals surface area contributed by atoms with Crippen molar-refractivity contribution in [3.63, 3.8) is 0 Å². The first kappa shape index (κ1) is 20.5. The number of fused-ring (bicyclic) bond motifs is 2. The van der Waals surface area contributed by atoms with E-state index in [0.717, 1.165) is 45.0 Å². The summed E-state index contributed by atoms with van der Waals surface area (Å²) in [7, 11) is 1.65. The fourth-order valence-corrected chi connectivity index (χ4v) is 5.05. The van der Waals surface area contributed by atoms with E-state index in [1.807, 2.05) is 49.4 Å². The number of carbonyl (C=O) groups excluding carboxylic acids is 1. The van der Waals surface area contributed by atoms with Crippen LogP contribution in [0, 0.1) is 6.92 Å². The van der Waals surface area contributed by atoms with Crippen LogP contribution < -0.4 is 14.8 Å². The van der Waals surface area contributed by atoms with E-state index >= 15 is 0 Å². The Labute approximate surface area is 190 Å². The minimum atomic E-state index is -0.0674. The number of aryl methyl sites for hydroxylation is 1. The van der Waals surface area contributed by atoms with Crippen molar-refractivity contribution in [2.75, 3.05) is 19.0 Å². The van der Waals surface area contributed by atoms with Crippen LogP contribution in [-0.2, 0) is 4.79 Å². The molecular formula is C24H24N4O3S. The lowest BCUT2D eigenvalue weighted by Gasteiger charge is -2.24. The van der Waals surface area contributed by atoms with Gasteiger partial charge in [-0.3, -0.25) is 4.79 Å². The fourth-order valence-electron chi connectivity index (χ4n) is 4.10. The molecule has 1 N–H and O–H groups in total. The molecule has 4 aromatic rings. The third-order valence-electron chi connectivity index (χ3n) is 5.62. The number of carbonyl (C=O) groups is 1. The summed E-state index contributed by atoms with van der Waals surface area (Å²) in [5, 5.41) is 8.51. The van der Waals surface area contributed by atoms with Gasteiger partial charge in [0, 0.05) is 17.9 Å². The van der Waals surface area contributed by atoms with Gasteiger partial charge in [0.2, 0.25) is 11.0 Å². The molecular weight excluding hydrogens is 424 g/mol. The molecule has 1 aliphatic rings. The van der Waals surface area contributed by atoms with Crippen molar-refractivity contribution in [3.8, 4) is 16.6 Å². The van der Waals surface area contributed by atoms with Gasteiger partial charge in [0.25, 0.3) is 0 Å². The van der Waals surface area contributed by atoms with E-state index < -0.39 is 0 Å². The first-order chi connectivity index (χ1) is 15.6. The maximum absolute atomic E-state index is 12.7. The topological polar surface area (TPSA) is 78.3 Å². The third-order valence-corrected chi connectivity index (χ3v) is 6.62. The van der Waals surface area contributed by atoms with Crippen LogP contribution in [0.5, 0.6) is 11.5 Å². The van der Waals surface area contributed by atoms with Gasteiger partial charge in [0.15, 0.2) is 0 Å². The van der Waals surface area contributed by atoms with Gasteiger partial charge in [-0.1, -0.05) is 30.4 Å². The van der Waals surface area contributed by atoms with Crippen molar-refractivity contribution >= 4 is 33.3 Å². The van der Waals surface area contributed by atoms with Gasteiger partial charge in [-0.15, -0.1) is 0 Å². The lowest BCUT2D eigenvalue weighted by Crippen LogP contribution is -2.24. The number of thiazole rings is 1. The molecule has 0 aliphatic carbocycles. The molecule has 164 valence electrons. The van der Waals surface area contributed by atoms with Crippen molar-refractivity contribution in [3.05, 3.63) is 59.3 Å². The average molecular weight is 449 g/mol. The van der Waals surface area contributed by atoms with Crippen LogP contribution >= 0.6 is 11.3 Å². The molecule has 2 aromatic heterocycles. The number of rotatable bonds is 6. The number of nitrogens with one attached hydrogen (secondary N) is 1. The van der Waals surface area contributed by atoms with Crippen molar-refractivity contribution in [1.82, 2.24) is 14.8 Å². The lowest BCUT2D eigenvalue weighted by molar-refractivity contribution is -0.116. The Hall–Kier alpha value is -3.39. The van der Waals surface area contributed by atoms with E-state index in [1.54, 1.807) is 11.8 Å². The quantitative estimate of drug-likeness (QED) is 0.446. The minimum absolute atomic E-state index is 0.0299. The first-order valence-electron chi connectivity index (χ1n) is 10.6. The Morgan fingerprint density at radius 1 is 1.19 bits per heavy atom. The summed E-state index contributed by atoms with van der Waals surface area (Å²) in [6.45, 7) is 4.75. The molecule has 7 nitrogen and oxygen atoms in total. The molecule has 8 heteroatoms. The van der Waals surface area contributed by atoms with Crippen LogP contribution in [0.2, 0.25) is 0 Å². The van der Waals surface area contributed by atoms with E-state index in [2.05, 4.69) is 12.2 Å². The van der Waals surface area contributed by atoms with Crippen molar-refractivity contribution in [1.29, 1.82) is 0 Å². The predicted octanol–water partition coefficient (Wildman–Crippen LogP) is 5.06. The van der Waals surface area contributed by atoms with Crippen molar-refractivity contribution < 1.29 is 14.3 Å². The lowest BCUT2D eigenvalue weighted by atomic mass is 9.86. The smallest absolute Gasteiger partial charge is 0.226 e. The number of hydrogen-bond acceptors (Lipinski definition) is 6. The molecule has 32 heavy (non-hydrogen) atoms. The molecule has 0 radical (unpaired) electrons. The second kappa shape index (κ2) is 8.27. The zero-order chi connectivity index (χ0) is 22.2. The average Bonchev–Trinajstić information content (AvgIpc) is 3.37. The first-order valence-corrected chi connectivity index (χ1v) is 11.5. The SMILES string of the molecule is CCCOc1ccc([C@H]2CC(=O)Nc3c2c(C)nn3-c2nc3ccc(OC)cc3s2)cc1. The molecule has 2 aromatic carbocycles. The van der Waals surface area contributed by atoms with Crippen LogP contribution in [0.1, 0.15) is 42.5 Å². The van der Waals surface area contributed by atoms with Crippen LogP contribution in [0.4, 0.5) is 5.82 Å². The molecule has 1 aliphatic heterocycles. The summed E-state index contributed by atoms with van der Waals surface area (Å²) in [4.78, 5) is 17.4. The maximum atomic E-state index is 12.7. The normalized spacial score (nSPS) is 15.5. The zero-order valence-electron chi connectivity index (χ0n) is 18.2. The molecule has 1 amide bonds. The molecule has 3 heterocycles. The molecule has 1 atom stereocenters. The summed E-state index contributed by atoms with van der Waals surface area (Å²) >= 11 is 1.52. The van der Waals surface area contributed by atoms with E-state index in [-0.39, 0.29) is 11.8 Å². The Bertz CT molecular complexity index is 1290. The van der Waals surface area contributed by atoms with Crippen LogP contribution in [0.3, 0.4) is 0 Å². The molecule has 0 unspecified atom stereocenters. The summed E-state index contributed by atoms with van der Waals surface area (Å²) < 4.78 is 13.8. The van der Waals surface area contributed by atoms with Gasteiger partial charge in [0.1, 0.15) is 17.3 Å². The predicted molar refractivity (Wildman–Crippen MR) is 125 cm³/mol. The van der Waals surface area contributed by atoms with E-state index in [4.69, 9.17) is 19.6 Å². The second-order valence-corrected chi connectivity index (χ2v) is 8.82. The fraction of sp³-hybridized carbons (Fsp3) is 0.292. The number of methoxy groups -OCH3 is 1. The minimum Gasteiger partial charge on any atom is -0.497 e. The Morgan fingerprint density at radius 3 is 2.72 bits per heavy atom. The number of ether oxygens (including phenoxy) is 2. The number of amides is 1. The van der Waals surface area contributed by atoms with Gasteiger partial charge in [0.05, 0.1) is 29.6 Å². The summed E-state index contributed by atoms with van der Waals surface area (Å²) in [5.74, 6) is 2.22. The summed E-state index contributed by atoms with van der Waals surface area (Å²) in [6.07, 6.45) is 1.34. The largest absolute Gasteiger partial charge is 0.497 e. The monoisotopic (exact) mass is 448 g/mol. The number of nitrogens with zero attached hydrogens (tertiary/aromatic N) is 3. The highest BCUT2D eigenvalue weighted by Crippen LogP contribution is 2.41. The molecule has 0 spiro atoms. The number of hydrogen-bond donors (Lipinski definition) is 1. The maximum Gasteiger partial charge on any atom is 0.226 e. The van der Waals surface area contributed by atoms with Gasteiger partial charge < -0.3 is 14.8 Å². The van der Waals surface area contributed by atoms with Gasteiger partial charge in [-0.2, -0.15) is 9.78 Å². The molecule has 5 rings (SSSR count). The van der Waals surface area contributed by atoms with Gasteiger partial charge in [-0.25, -0.2) is 4.98 Å². The molecule has 0 fully saturated rings. The van der Waals surface area contributed by atoms with E-state index in [9.17, 15) is 4.79 Å². The highest BCUT2D eigenvalue weighted by molar-refractivity contribution is 7.20. The van der Waals surface area contributed by atoms with Crippen LogP contribution in [0.15, 0.2) is 42.5 Å². The summed E-state index contributed by atoms with van der Waals surface area (Å²) in [5.41, 5.74) is 3.85. The van der Waals surface area contributed by atoms with Gasteiger partial charge in [-0.05, 0) is 49.2 Å². The molecule has 0 saturated heterocycles. The Morgan fingerprint density at radius 2 is 1.97 bits per heavy atom. The van der Waals surface area contributed by atoms with E-state index in [0.29, 0.717) is 24.0 Å². The van der Waals surface area contributed by atoms with Crippen molar-refractivity contribution in [2.45, 2.75) is 32.6 Å². The standard InChI is InChI=1S/C24H24N4O3S/c1-4-11-31-16-7-5-15(6-8-16)18-13-21(29)26-23-22(18)14(2)27-28(23)24-25-19-10-9-17(30-3)12-20(19)32-24/h5-10,12,18H,4,11,13H2,1-3H3,(H,26,29)/t18-/m1/s1. The number of aromatic nitrogens is 3.